The molecule has 0 spiro atoms. The monoisotopic (exact) mass is 286 g/mol. The van der Waals surface area contributed by atoms with Gasteiger partial charge in [-0.15, -0.1) is 0 Å². The first-order valence-corrected chi connectivity index (χ1v) is 5.97. The van der Waals surface area contributed by atoms with Gasteiger partial charge in [0.05, 0.1) is 18.1 Å². The van der Waals surface area contributed by atoms with Crippen molar-refractivity contribution in [3.05, 3.63) is 38.8 Å². The standard InChI is InChI=1S/C10H7ClN2O4S/c1-16-8-4-6(13(14)15)2-3-7(8)17-10-12-9(11)5-18-10/h2-5H,1H3. The van der Waals surface area contributed by atoms with Crippen molar-refractivity contribution < 1.29 is 14.4 Å². The van der Waals surface area contributed by atoms with E-state index in [4.69, 9.17) is 21.1 Å². The summed E-state index contributed by atoms with van der Waals surface area (Å²) in [6.45, 7) is 0. The summed E-state index contributed by atoms with van der Waals surface area (Å²) in [6.07, 6.45) is 0. The van der Waals surface area contributed by atoms with Crippen LogP contribution >= 0.6 is 22.9 Å². The minimum Gasteiger partial charge on any atom is -0.493 e. The van der Waals surface area contributed by atoms with Crippen LogP contribution in [0.5, 0.6) is 16.7 Å². The normalized spacial score (nSPS) is 10.1. The van der Waals surface area contributed by atoms with Crippen LogP contribution in [0.25, 0.3) is 0 Å². The molecule has 18 heavy (non-hydrogen) atoms. The van der Waals surface area contributed by atoms with Gasteiger partial charge < -0.3 is 9.47 Å². The van der Waals surface area contributed by atoms with Crippen LogP contribution in [-0.2, 0) is 0 Å². The van der Waals surface area contributed by atoms with Crippen LogP contribution in [0.2, 0.25) is 5.15 Å². The van der Waals surface area contributed by atoms with Crippen LogP contribution in [0.1, 0.15) is 0 Å². The molecule has 0 saturated heterocycles. The first-order chi connectivity index (χ1) is 8.60. The van der Waals surface area contributed by atoms with Gasteiger partial charge in [0.1, 0.15) is 5.15 Å². The Morgan fingerprint density at radius 2 is 2.22 bits per heavy atom. The maximum Gasteiger partial charge on any atom is 0.280 e. The van der Waals surface area contributed by atoms with Crippen molar-refractivity contribution >= 4 is 28.6 Å². The lowest BCUT2D eigenvalue weighted by molar-refractivity contribution is -0.384. The van der Waals surface area contributed by atoms with E-state index in [1.165, 1.54) is 36.6 Å². The second kappa shape index (κ2) is 5.19. The molecule has 6 nitrogen and oxygen atoms in total. The number of hydrogen-bond donors (Lipinski definition) is 0. The van der Waals surface area contributed by atoms with Crippen LogP contribution in [0.4, 0.5) is 5.69 Å². The highest BCUT2D eigenvalue weighted by Crippen LogP contribution is 2.35. The van der Waals surface area contributed by atoms with Crippen LogP contribution in [-0.4, -0.2) is 17.0 Å². The van der Waals surface area contributed by atoms with Crippen LogP contribution in [0.3, 0.4) is 0 Å². The van der Waals surface area contributed by atoms with Crippen molar-refractivity contribution in [1.82, 2.24) is 4.98 Å². The lowest BCUT2D eigenvalue weighted by Gasteiger charge is -2.07. The molecule has 1 aromatic carbocycles. The topological polar surface area (TPSA) is 74.5 Å². The fourth-order valence-corrected chi connectivity index (χ4v) is 2.03. The average molecular weight is 287 g/mol. The minimum atomic E-state index is -0.507. The third-order valence-corrected chi connectivity index (χ3v) is 3.05. The zero-order valence-corrected chi connectivity index (χ0v) is 10.7. The van der Waals surface area contributed by atoms with Gasteiger partial charge in [-0.05, 0) is 6.07 Å². The van der Waals surface area contributed by atoms with Gasteiger partial charge >= 0.3 is 0 Å². The van der Waals surface area contributed by atoms with Crippen molar-refractivity contribution in [2.45, 2.75) is 0 Å². The summed E-state index contributed by atoms with van der Waals surface area (Å²) in [5.74, 6) is 0.602. The number of benzene rings is 1. The molecule has 94 valence electrons. The van der Waals surface area contributed by atoms with Gasteiger partial charge in [-0.2, -0.15) is 4.98 Å². The molecule has 0 N–H and O–H groups in total. The molecule has 1 aromatic heterocycles. The summed E-state index contributed by atoms with van der Waals surface area (Å²) in [5.41, 5.74) is -0.0728. The van der Waals surface area contributed by atoms with Gasteiger partial charge in [-0.25, -0.2) is 0 Å². The molecule has 0 bridgehead atoms. The van der Waals surface area contributed by atoms with Gasteiger partial charge in [-0.3, -0.25) is 10.1 Å². The Bertz CT molecular complexity index is 587. The van der Waals surface area contributed by atoms with E-state index in [9.17, 15) is 10.1 Å². The summed E-state index contributed by atoms with van der Waals surface area (Å²) in [6, 6.07) is 4.06. The molecular weight excluding hydrogens is 280 g/mol. The highest BCUT2D eigenvalue weighted by molar-refractivity contribution is 7.11. The molecular formula is C10H7ClN2O4S. The largest absolute Gasteiger partial charge is 0.493 e. The SMILES string of the molecule is COc1cc([N+](=O)[O-])ccc1Oc1nc(Cl)cs1. The highest BCUT2D eigenvalue weighted by atomic mass is 35.5. The number of hydrogen-bond acceptors (Lipinski definition) is 6. The van der Waals surface area contributed by atoms with Crippen molar-refractivity contribution in [1.29, 1.82) is 0 Å². The number of nitro groups is 1. The van der Waals surface area contributed by atoms with Crippen molar-refractivity contribution in [3.8, 4) is 16.7 Å². The van der Waals surface area contributed by atoms with Gasteiger partial charge in [0.15, 0.2) is 11.5 Å². The number of methoxy groups -OCH3 is 1. The third kappa shape index (κ3) is 2.69. The van der Waals surface area contributed by atoms with Crippen molar-refractivity contribution in [3.63, 3.8) is 0 Å². The molecule has 0 saturated carbocycles. The van der Waals surface area contributed by atoms with E-state index < -0.39 is 4.92 Å². The molecule has 0 amide bonds. The van der Waals surface area contributed by atoms with Gasteiger partial charge in [-0.1, -0.05) is 22.9 Å². The lowest BCUT2D eigenvalue weighted by atomic mass is 10.3. The summed E-state index contributed by atoms with van der Waals surface area (Å²) in [7, 11) is 1.40. The Morgan fingerprint density at radius 3 is 2.78 bits per heavy atom. The summed E-state index contributed by atoms with van der Waals surface area (Å²) in [5, 5.41) is 12.9. The second-order valence-corrected chi connectivity index (χ2v) is 4.34. The van der Waals surface area contributed by atoms with E-state index in [0.717, 1.165) is 0 Å². The number of rotatable bonds is 4. The fraction of sp³-hybridized carbons (Fsp3) is 0.100. The summed E-state index contributed by atoms with van der Waals surface area (Å²) >= 11 is 6.89. The number of halogens is 1. The zero-order chi connectivity index (χ0) is 13.1. The predicted molar refractivity (Wildman–Crippen MR) is 66.8 cm³/mol. The predicted octanol–water partition coefficient (Wildman–Crippen LogP) is 3.51. The quantitative estimate of drug-likeness (QED) is 0.635. The molecule has 0 aliphatic rings. The van der Waals surface area contributed by atoms with Gasteiger partial charge in [0.25, 0.3) is 10.9 Å². The Hall–Kier alpha value is -1.86. The Labute approximate surface area is 111 Å². The summed E-state index contributed by atoms with van der Waals surface area (Å²) < 4.78 is 10.5. The molecule has 0 aliphatic carbocycles. The fourth-order valence-electron chi connectivity index (χ4n) is 1.23. The molecule has 2 rings (SSSR count). The molecule has 0 aliphatic heterocycles. The van der Waals surface area contributed by atoms with E-state index >= 15 is 0 Å². The number of nitrogens with zero attached hydrogens (tertiary/aromatic N) is 2. The van der Waals surface area contributed by atoms with Gasteiger partial charge in [0, 0.05) is 11.4 Å². The third-order valence-electron chi connectivity index (χ3n) is 2.01. The molecule has 1 heterocycles. The number of thiazole rings is 1. The van der Waals surface area contributed by atoms with E-state index in [1.807, 2.05) is 0 Å². The first-order valence-electron chi connectivity index (χ1n) is 4.71. The minimum absolute atomic E-state index is 0.0728. The first kappa shape index (κ1) is 12.6. The van der Waals surface area contributed by atoms with E-state index in [2.05, 4.69) is 4.98 Å². The molecule has 0 atom stereocenters. The smallest absolute Gasteiger partial charge is 0.280 e. The summed E-state index contributed by atoms with van der Waals surface area (Å²) in [4.78, 5) is 14.0. The Kier molecular flexibility index (Phi) is 3.63. The number of ether oxygens (including phenoxy) is 2. The maximum absolute atomic E-state index is 10.6. The zero-order valence-electron chi connectivity index (χ0n) is 9.12. The van der Waals surface area contributed by atoms with E-state index in [-0.39, 0.29) is 11.4 Å². The molecule has 2 aromatic rings. The molecule has 0 unspecified atom stereocenters. The second-order valence-electron chi connectivity index (χ2n) is 3.13. The van der Waals surface area contributed by atoms with Crippen LogP contribution in [0, 0.1) is 10.1 Å². The highest BCUT2D eigenvalue weighted by Gasteiger charge is 2.14. The molecule has 8 heteroatoms. The molecule has 0 fully saturated rings. The van der Waals surface area contributed by atoms with Gasteiger partial charge in [0.2, 0.25) is 0 Å². The van der Waals surface area contributed by atoms with Crippen molar-refractivity contribution in [2.24, 2.45) is 0 Å². The van der Waals surface area contributed by atoms with E-state index in [1.54, 1.807) is 5.38 Å². The average Bonchev–Trinajstić information content (AvgIpc) is 2.75. The molecule has 0 radical (unpaired) electrons. The number of nitro benzene ring substituents is 1. The maximum atomic E-state index is 10.6. The lowest BCUT2D eigenvalue weighted by Crippen LogP contribution is -1.93. The van der Waals surface area contributed by atoms with Crippen LogP contribution in [0.15, 0.2) is 23.6 Å². The van der Waals surface area contributed by atoms with Crippen LogP contribution < -0.4 is 9.47 Å². The number of non-ortho nitro benzene ring substituents is 1. The van der Waals surface area contributed by atoms with Crippen molar-refractivity contribution in [2.75, 3.05) is 7.11 Å². The Morgan fingerprint density at radius 1 is 1.44 bits per heavy atom. The number of aromatic nitrogens is 1. The van der Waals surface area contributed by atoms with E-state index in [0.29, 0.717) is 16.1 Å². The Balaban J connectivity index is 2.30.